The second-order valence-corrected chi connectivity index (χ2v) is 8.65. The number of nitro benzene ring substituents is 1. The Morgan fingerprint density at radius 1 is 1.14 bits per heavy atom. The van der Waals surface area contributed by atoms with Crippen LogP contribution < -0.4 is 19.7 Å². The molecule has 2 atom stereocenters. The van der Waals surface area contributed by atoms with Crippen LogP contribution in [-0.2, 0) is 0 Å². The number of pyridine rings is 1. The standard InChI is InChI=1S/C27H24N4O5S/c1-3-35-19-10-7-17(8-11-19)30-26(25(29-27(30)37)21-6-4-5-15-28-21)23-14-13-22(36-23)20-12-9-18(31(32)33)16-24(20)34-2/h4-16,25-26H,3H2,1-2H3,(H,29,37). The van der Waals surface area contributed by atoms with Crippen LogP contribution in [0.4, 0.5) is 11.4 Å². The van der Waals surface area contributed by atoms with Gasteiger partial charge in [-0.1, -0.05) is 6.07 Å². The molecular formula is C27H24N4O5S. The minimum absolute atomic E-state index is 0.0605. The Labute approximate surface area is 218 Å². The number of benzene rings is 2. The SMILES string of the molecule is CCOc1ccc(N2C(=S)NC(c3ccccn3)C2c2ccc(-c3ccc([N+](=O)[O-])cc3OC)o2)cc1. The number of anilines is 1. The van der Waals surface area contributed by atoms with Gasteiger partial charge in [-0.15, -0.1) is 0 Å². The monoisotopic (exact) mass is 516 g/mol. The zero-order chi connectivity index (χ0) is 25.9. The maximum atomic E-state index is 11.2. The van der Waals surface area contributed by atoms with E-state index in [0.29, 0.717) is 34.6 Å². The van der Waals surface area contributed by atoms with Crippen molar-refractivity contribution in [1.82, 2.24) is 10.3 Å². The van der Waals surface area contributed by atoms with Crippen LogP contribution in [0.3, 0.4) is 0 Å². The summed E-state index contributed by atoms with van der Waals surface area (Å²) >= 11 is 5.77. The summed E-state index contributed by atoms with van der Waals surface area (Å²) in [5.74, 6) is 2.28. The molecule has 37 heavy (non-hydrogen) atoms. The molecular weight excluding hydrogens is 492 g/mol. The number of furan rings is 1. The first-order valence-electron chi connectivity index (χ1n) is 11.7. The molecule has 9 nitrogen and oxygen atoms in total. The largest absolute Gasteiger partial charge is 0.496 e. The molecule has 10 heteroatoms. The third-order valence-corrected chi connectivity index (χ3v) is 6.42. The number of aromatic nitrogens is 1. The lowest BCUT2D eigenvalue weighted by Crippen LogP contribution is -2.29. The summed E-state index contributed by atoms with van der Waals surface area (Å²) in [5, 5.41) is 15.2. The third kappa shape index (κ3) is 4.70. The lowest BCUT2D eigenvalue weighted by atomic mass is 10.0. The van der Waals surface area contributed by atoms with Gasteiger partial charge < -0.3 is 24.1 Å². The summed E-state index contributed by atoms with van der Waals surface area (Å²) < 4.78 is 17.4. The van der Waals surface area contributed by atoms with Crippen LogP contribution in [0.5, 0.6) is 11.5 Å². The van der Waals surface area contributed by atoms with Gasteiger partial charge in [-0.2, -0.15) is 0 Å². The number of nitrogens with zero attached hydrogens (tertiary/aromatic N) is 3. The molecule has 2 aromatic heterocycles. The summed E-state index contributed by atoms with van der Waals surface area (Å²) in [6.45, 7) is 2.52. The Kier molecular flexibility index (Phi) is 6.74. The van der Waals surface area contributed by atoms with Crippen molar-refractivity contribution in [3.63, 3.8) is 0 Å². The van der Waals surface area contributed by atoms with Crippen molar-refractivity contribution in [1.29, 1.82) is 0 Å². The lowest BCUT2D eigenvalue weighted by Gasteiger charge is -2.26. The van der Waals surface area contributed by atoms with E-state index in [9.17, 15) is 10.1 Å². The van der Waals surface area contributed by atoms with Gasteiger partial charge in [0.1, 0.15) is 29.1 Å². The van der Waals surface area contributed by atoms with Crippen molar-refractivity contribution in [2.75, 3.05) is 18.6 Å². The molecule has 2 unspecified atom stereocenters. The molecule has 0 amide bonds. The van der Waals surface area contributed by atoms with E-state index >= 15 is 0 Å². The van der Waals surface area contributed by atoms with E-state index in [1.807, 2.05) is 66.4 Å². The van der Waals surface area contributed by atoms with Crippen molar-refractivity contribution in [2.24, 2.45) is 0 Å². The highest BCUT2D eigenvalue weighted by molar-refractivity contribution is 7.80. The molecule has 1 aliphatic rings. The predicted molar refractivity (Wildman–Crippen MR) is 143 cm³/mol. The highest BCUT2D eigenvalue weighted by Crippen LogP contribution is 2.44. The first-order chi connectivity index (χ1) is 18.0. The minimum Gasteiger partial charge on any atom is -0.496 e. The normalized spacial score (nSPS) is 16.9. The smallest absolute Gasteiger partial charge is 0.273 e. The number of hydrogen-bond acceptors (Lipinski definition) is 7. The van der Waals surface area contributed by atoms with Crippen molar-refractivity contribution in [3.05, 3.63) is 101 Å². The van der Waals surface area contributed by atoms with Crippen molar-refractivity contribution in [2.45, 2.75) is 19.0 Å². The van der Waals surface area contributed by atoms with Gasteiger partial charge in [0.15, 0.2) is 5.11 Å². The number of thiocarbonyl (C=S) groups is 1. The van der Waals surface area contributed by atoms with Gasteiger partial charge in [-0.25, -0.2) is 0 Å². The maximum absolute atomic E-state index is 11.2. The zero-order valence-electron chi connectivity index (χ0n) is 20.2. The molecule has 0 radical (unpaired) electrons. The van der Waals surface area contributed by atoms with Crippen LogP contribution in [0.1, 0.15) is 30.5 Å². The Morgan fingerprint density at radius 3 is 2.62 bits per heavy atom. The fraction of sp³-hybridized carbons (Fsp3) is 0.185. The number of non-ortho nitro benzene ring substituents is 1. The highest BCUT2D eigenvalue weighted by Gasteiger charge is 2.42. The van der Waals surface area contributed by atoms with Crippen LogP contribution in [0.15, 0.2) is 83.4 Å². The van der Waals surface area contributed by atoms with E-state index in [4.69, 9.17) is 26.1 Å². The Hall–Kier alpha value is -4.44. The van der Waals surface area contributed by atoms with Crippen molar-refractivity contribution >= 4 is 28.7 Å². The first kappa shape index (κ1) is 24.3. The van der Waals surface area contributed by atoms with Gasteiger partial charge in [0.05, 0.1) is 42.0 Å². The zero-order valence-corrected chi connectivity index (χ0v) is 21.0. The number of rotatable bonds is 8. The molecule has 0 saturated carbocycles. The number of hydrogen-bond donors (Lipinski definition) is 1. The number of methoxy groups -OCH3 is 1. The van der Waals surface area contributed by atoms with Gasteiger partial charge in [0, 0.05) is 18.0 Å². The molecule has 1 fully saturated rings. The average Bonchev–Trinajstić information content (AvgIpc) is 3.54. The topological polar surface area (TPSA) is 103 Å². The number of nitro groups is 1. The molecule has 1 saturated heterocycles. The summed E-state index contributed by atoms with van der Waals surface area (Å²) in [6, 6.07) is 21.0. The van der Waals surface area contributed by atoms with Crippen LogP contribution >= 0.6 is 12.2 Å². The molecule has 4 aromatic rings. The fourth-order valence-electron chi connectivity index (χ4n) is 4.45. The van der Waals surface area contributed by atoms with Crippen LogP contribution in [0, 0.1) is 10.1 Å². The molecule has 188 valence electrons. The predicted octanol–water partition coefficient (Wildman–Crippen LogP) is 5.83. The molecule has 0 bridgehead atoms. The first-order valence-corrected chi connectivity index (χ1v) is 12.1. The maximum Gasteiger partial charge on any atom is 0.273 e. The molecule has 5 rings (SSSR count). The van der Waals surface area contributed by atoms with Gasteiger partial charge in [0.2, 0.25) is 0 Å². The van der Waals surface area contributed by atoms with Crippen molar-refractivity contribution < 1.29 is 18.8 Å². The summed E-state index contributed by atoms with van der Waals surface area (Å²) in [5.41, 5.74) is 2.23. The quantitative estimate of drug-likeness (QED) is 0.176. The minimum atomic E-state index is -0.461. The van der Waals surface area contributed by atoms with E-state index in [0.717, 1.165) is 17.1 Å². The van der Waals surface area contributed by atoms with E-state index in [1.165, 1.54) is 19.2 Å². The summed E-state index contributed by atoms with van der Waals surface area (Å²) in [7, 11) is 1.47. The van der Waals surface area contributed by atoms with E-state index in [1.54, 1.807) is 12.3 Å². The molecule has 1 aliphatic heterocycles. The molecule has 0 spiro atoms. The Balaban J connectivity index is 1.57. The molecule has 1 N–H and O–H groups in total. The van der Waals surface area contributed by atoms with E-state index in [2.05, 4.69) is 10.3 Å². The van der Waals surface area contributed by atoms with Crippen LogP contribution in [-0.4, -0.2) is 28.7 Å². The number of nitrogens with one attached hydrogen (secondary N) is 1. The van der Waals surface area contributed by atoms with Gasteiger partial charge >= 0.3 is 0 Å². The summed E-state index contributed by atoms with van der Waals surface area (Å²) in [6.07, 6.45) is 1.74. The van der Waals surface area contributed by atoms with Gasteiger partial charge in [0.25, 0.3) is 5.69 Å². The lowest BCUT2D eigenvalue weighted by molar-refractivity contribution is -0.384. The second-order valence-electron chi connectivity index (χ2n) is 8.27. The number of ether oxygens (including phenoxy) is 2. The van der Waals surface area contributed by atoms with Gasteiger partial charge in [-0.3, -0.25) is 15.1 Å². The Bertz CT molecular complexity index is 1420. The van der Waals surface area contributed by atoms with Crippen molar-refractivity contribution in [3.8, 4) is 22.8 Å². The van der Waals surface area contributed by atoms with Crippen LogP contribution in [0.25, 0.3) is 11.3 Å². The molecule has 2 aromatic carbocycles. The highest BCUT2D eigenvalue weighted by atomic mass is 32.1. The van der Waals surface area contributed by atoms with Gasteiger partial charge in [-0.05, 0) is 73.7 Å². The molecule has 0 aliphatic carbocycles. The van der Waals surface area contributed by atoms with E-state index in [-0.39, 0.29) is 17.8 Å². The second kappa shape index (κ2) is 10.3. The van der Waals surface area contributed by atoms with E-state index < -0.39 is 4.92 Å². The third-order valence-electron chi connectivity index (χ3n) is 6.10. The molecule has 3 heterocycles. The van der Waals surface area contributed by atoms with Crippen LogP contribution in [0.2, 0.25) is 0 Å². The Morgan fingerprint density at radius 2 is 1.95 bits per heavy atom. The average molecular weight is 517 g/mol. The summed E-state index contributed by atoms with van der Waals surface area (Å²) in [4.78, 5) is 17.3. The fourth-order valence-corrected chi connectivity index (χ4v) is 4.79.